The van der Waals surface area contributed by atoms with Crippen LogP contribution in [0.2, 0.25) is 0 Å². The Morgan fingerprint density at radius 1 is 0.902 bits per heavy atom. The third-order valence-corrected chi connectivity index (χ3v) is 9.50. The van der Waals surface area contributed by atoms with E-state index in [1.165, 1.54) is 29.2 Å². The van der Waals surface area contributed by atoms with E-state index in [0.29, 0.717) is 23.3 Å². The Labute approximate surface area is 305 Å². The summed E-state index contributed by atoms with van der Waals surface area (Å²) in [5.41, 5.74) is 4.75. The number of ether oxygens (including phenoxy) is 2. The average molecular weight is 750 g/mol. The van der Waals surface area contributed by atoms with Gasteiger partial charge in [-0.25, -0.2) is 14.1 Å². The van der Waals surface area contributed by atoms with Gasteiger partial charge in [-0.1, -0.05) is 100 Å². The summed E-state index contributed by atoms with van der Waals surface area (Å²) in [6.45, 7) is 2.33. The second kappa shape index (κ2) is 16.6. The maximum atomic E-state index is 14.9. The molecule has 260 valence electrons. The molecule has 6 rings (SSSR count). The smallest absolute Gasteiger partial charge is 0.416 e. The van der Waals surface area contributed by atoms with Crippen LogP contribution in [-0.4, -0.2) is 35.3 Å². The Morgan fingerprint density at radius 3 is 2.25 bits per heavy atom. The van der Waals surface area contributed by atoms with Gasteiger partial charge >= 0.3 is 6.09 Å². The molecule has 1 N–H and O–H groups in total. The Hall–Kier alpha value is -5.28. The molecule has 5 aromatic carbocycles. The fraction of sp³-hybridized carbons (Fsp3) is 0.214. The maximum Gasteiger partial charge on any atom is 0.416 e. The van der Waals surface area contributed by atoms with Gasteiger partial charge in [-0.3, -0.25) is 9.59 Å². The van der Waals surface area contributed by atoms with E-state index in [0.717, 1.165) is 26.9 Å². The summed E-state index contributed by atoms with van der Waals surface area (Å²) in [5.74, 6) is -1.56. The van der Waals surface area contributed by atoms with Gasteiger partial charge in [0, 0.05) is 27.7 Å². The van der Waals surface area contributed by atoms with Crippen LogP contribution in [0.3, 0.4) is 0 Å². The first-order valence-electron chi connectivity index (χ1n) is 16.9. The number of rotatable bonds is 14. The molecule has 7 nitrogen and oxygen atoms in total. The van der Waals surface area contributed by atoms with Crippen molar-refractivity contribution in [2.75, 3.05) is 11.9 Å². The van der Waals surface area contributed by atoms with Crippen LogP contribution < -0.4 is 10.1 Å². The number of ketones is 1. The molecule has 0 saturated carbocycles. The van der Waals surface area contributed by atoms with E-state index in [9.17, 15) is 18.8 Å². The highest BCUT2D eigenvalue weighted by Crippen LogP contribution is 2.39. The van der Waals surface area contributed by atoms with E-state index in [1.807, 2.05) is 110 Å². The molecule has 2 amide bonds. The molecule has 0 unspecified atom stereocenters. The Bertz CT molecular complexity index is 1960. The van der Waals surface area contributed by atoms with Gasteiger partial charge in [0.05, 0.1) is 18.0 Å². The first-order valence-corrected chi connectivity index (χ1v) is 17.7. The van der Waals surface area contributed by atoms with Crippen molar-refractivity contribution in [3.05, 3.63) is 166 Å². The summed E-state index contributed by atoms with van der Waals surface area (Å²) >= 11 is 3.59. The zero-order chi connectivity index (χ0) is 35.7. The van der Waals surface area contributed by atoms with E-state index >= 15 is 0 Å². The average Bonchev–Trinajstić information content (AvgIpc) is 3.51. The quantitative estimate of drug-likeness (QED) is 0.114. The Morgan fingerprint density at radius 2 is 1.57 bits per heavy atom. The fourth-order valence-corrected chi connectivity index (χ4v) is 6.63. The number of anilines is 1. The molecule has 5 aromatic rings. The Kier molecular flexibility index (Phi) is 11.6. The minimum Gasteiger partial charge on any atom is -0.489 e. The number of amides is 2. The standard InChI is InChI=1S/C42H38BrFN2O5/c1-28-12-19-34(20-13-28)45-40(36-21-16-32(43)25-39(36)50-26-30-10-6-3-7-11-30)37(22-23-38(47)31-14-17-33(44)18-15-31)41(48)46-35(27-51-42(46)49)24-29-8-4-2-5-9-29/h2-21,25,35,37,40,45H,22-24,26-27H2,1H3/t35-,37+,40+/m0/s1. The maximum absolute atomic E-state index is 14.9. The molecule has 3 atom stereocenters. The lowest BCUT2D eigenvalue weighted by molar-refractivity contribution is -0.134. The van der Waals surface area contributed by atoms with Gasteiger partial charge in [-0.2, -0.15) is 0 Å². The zero-order valence-corrected chi connectivity index (χ0v) is 29.7. The molecule has 0 radical (unpaired) electrons. The van der Waals surface area contributed by atoms with Gasteiger partial charge in [0.25, 0.3) is 0 Å². The number of carbonyl (C=O) groups excluding carboxylic acids is 3. The van der Waals surface area contributed by atoms with Gasteiger partial charge in [0.15, 0.2) is 5.78 Å². The summed E-state index contributed by atoms with van der Waals surface area (Å²) < 4.78 is 26.4. The van der Waals surface area contributed by atoms with Crippen LogP contribution in [0.1, 0.15) is 51.5 Å². The second-order valence-electron chi connectivity index (χ2n) is 12.6. The van der Waals surface area contributed by atoms with Crippen molar-refractivity contribution in [3.63, 3.8) is 0 Å². The van der Waals surface area contributed by atoms with Crippen molar-refractivity contribution in [1.82, 2.24) is 4.90 Å². The van der Waals surface area contributed by atoms with Crippen LogP contribution >= 0.6 is 15.9 Å². The van der Waals surface area contributed by atoms with E-state index in [2.05, 4.69) is 21.2 Å². The number of halogens is 2. The zero-order valence-electron chi connectivity index (χ0n) is 28.1. The summed E-state index contributed by atoms with van der Waals surface area (Å²) in [6.07, 6.45) is -0.258. The lowest BCUT2D eigenvalue weighted by Crippen LogP contribution is -2.46. The monoisotopic (exact) mass is 748 g/mol. The molecule has 9 heteroatoms. The fourth-order valence-electron chi connectivity index (χ4n) is 6.29. The van der Waals surface area contributed by atoms with Crippen molar-refractivity contribution in [1.29, 1.82) is 0 Å². The minimum atomic E-state index is -0.931. The first-order chi connectivity index (χ1) is 24.7. The van der Waals surface area contributed by atoms with Crippen molar-refractivity contribution in [3.8, 4) is 5.75 Å². The molecule has 1 aliphatic rings. The highest BCUT2D eigenvalue weighted by Gasteiger charge is 2.44. The number of Topliss-reactive ketones (excluding diaryl/α,β-unsaturated/α-hetero) is 1. The molecule has 1 saturated heterocycles. The van der Waals surface area contributed by atoms with E-state index in [-0.39, 0.29) is 31.8 Å². The topological polar surface area (TPSA) is 84.9 Å². The molecular formula is C42H38BrFN2O5. The van der Waals surface area contributed by atoms with E-state index in [1.54, 1.807) is 0 Å². The van der Waals surface area contributed by atoms with Crippen LogP contribution in [0.25, 0.3) is 0 Å². The molecule has 0 bridgehead atoms. The van der Waals surface area contributed by atoms with E-state index in [4.69, 9.17) is 9.47 Å². The number of nitrogens with one attached hydrogen (secondary N) is 1. The number of carbonyl (C=O) groups is 3. The highest BCUT2D eigenvalue weighted by atomic mass is 79.9. The number of hydrogen-bond donors (Lipinski definition) is 1. The van der Waals surface area contributed by atoms with E-state index < -0.39 is 35.8 Å². The Balaban J connectivity index is 1.41. The summed E-state index contributed by atoms with van der Waals surface area (Å²) in [7, 11) is 0. The number of benzene rings is 5. The van der Waals surface area contributed by atoms with Gasteiger partial charge in [-0.15, -0.1) is 0 Å². The largest absolute Gasteiger partial charge is 0.489 e. The van der Waals surface area contributed by atoms with Gasteiger partial charge < -0.3 is 14.8 Å². The lowest BCUT2D eigenvalue weighted by Gasteiger charge is -2.33. The van der Waals surface area contributed by atoms with Crippen LogP contribution in [0.4, 0.5) is 14.9 Å². The molecular weight excluding hydrogens is 711 g/mol. The van der Waals surface area contributed by atoms with Crippen molar-refractivity contribution in [2.45, 2.75) is 44.9 Å². The normalized spacial score (nSPS) is 15.2. The molecule has 1 aliphatic heterocycles. The number of aryl methyl sites for hydroxylation is 1. The molecule has 0 aromatic heterocycles. The van der Waals surface area contributed by atoms with Gasteiger partial charge in [-0.05, 0) is 79.4 Å². The van der Waals surface area contributed by atoms with Crippen molar-refractivity contribution >= 4 is 39.4 Å². The summed E-state index contributed by atoms with van der Waals surface area (Å²) in [4.78, 5) is 43.0. The van der Waals surface area contributed by atoms with Crippen LogP contribution in [-0.2, 0) is 22.6 Å². The number of nitrogens with zero attached hydrogens (tertiary/aromatic N) is 1. The van der Waals surface area contributed by atoms with Gasteiger partial charge in [0.1, 0.15) is 24.8 Å². The summed E-state index contributed by atoms with van der Waals surface area (Å²) in [6, 6.07) is 36.9. The minimum absolute atomic E-state index is 0.0307. The van der Waals surface area contributed by atoms with Crippen LogP contribution in [0.15, 0.2) is 132 Å². The van der Waals surface area contributed by atoms with Gasteiger partial charge in [0.2, 0.25) is 5.91 Å². The number of cyclic esters (lactones) is 1. The second-order valence-corrected chi connectivity index (χ2v) is 13.6. The third-order valence-electron chi connectivity index (χ3n) is 9.00. The molecule has 0 aliphatic carbocycles. The number of hydrogen-bond acceptors (Lipinski definition) is 6. The van der Waals surface area contributed by atoms with Crippen LogP contribution in [0.5, 0.6) is 5.75 Å². The SMILES string of the molecule is Cc1ccc(N[C@H](c2ccc(Br)cc2OCc2ccccc2)[C@@H](CCC(=O)c2ccc(F)cc2)C(=O)N2C(=O)OC[C@@H]2Cc2ccccc2)cc1. The predicted octanol–water partition coefficient (Wildman–Crippen LogP) is 9.50. The first kappa shape index (κ1) is 35.5. The number of imide groups is 1. The molecule has 1 heterocycles. The molecule has 51 heavy (non-hydrogen) atoms. The predicted molar refractivity (Wildman–Crippen MR) is 198 cm³/mol. The van der Waals surface area contributed by atoms with Crippen molar-refractivity contribution in [2.24, 2.45) is 5.92 Å². The highest BCUT2D eigenvalue weighted by molar-refractivity contribution is 9.10. The molecule has 1 fully saturated rings. The molecule has 0 spiro atoms. The van der Waals surface area contributed by atoms with Crippen molar-refractivity contribution < 1.29 is 28.2 Å². The lowest BCUT2D eigenvalue weighted by atomic mass is 9.85. The van der Waals surface area contributed by atoms with Crippen LogP contribution in [0, 0.1) is 18.7 Å². The summed E-state index contributed by atoms with van der Waals surface area (Å²) in [5, 5.41) is 3.58. The third kappa shape index (κ3) is 9.10.